The number of benzene rings is 2. The second-order valence-corrected chi connectivity index (χ2v) is 7.28. The topological polar surface area (TPSA) is 66.6 Å². The van der Waals surface area contributed by atoms with E-state index in [1.165, 1.54) is 25.9 Å². The summed E-state index contributed by atoms with van der Waals surface area (Å²) in [4.78, 5) is 18.2. The van der Waals surface area contributed by atoms with Crippen LogP contribution >= 0.6 is 0 Å². The fourth-order valence-electron chi connectivity index (χ4n) is 3.66. The van der Waals surface area contributed by atoms with Gasteiger partial charge in [-0.1, -0.05) is 24.3 Å². The number of aryl methyl sites for hydroxylation is 1. The van der Waals surface area contributed by atoms with Crippen LogP contribution in [-0.2, 0) is 6.42 Å². The van der Waals surface area contributed by atoms with Crippen LogP contribution in [0.5, 0.6) is 0 Å². The van der Waals surface area contributed by atoms with E-state index in [0.29, 0.717) is 5.89 Å². The van der Waals surface area contributed by atoms with Crippen molar-refractivity contribution in [2.24, 2.45) is 0 Å². The van der Waals surface area contributed by atoms with Crippen molar-refractivity contribution in [3.63, 3.8) is 0 Å². The van der Waals surface area contributed by atoms with Gasteiger partial charge >= 0.3 is 5.97 Å². The molecular weight excluding hydrogens is 352 g/mol. The predicted molar refractivity (Wildman–Crippen MR) is 108 cm³/mol. The van der Waals surface area contributed by atoms with E-state index < -0.39 is 5.97 Å². The SMILES string of the molecule is Cc1oc(-c2ccc(-c3ccc(C(=O)O)cc3)cc2)nc1CCN1CCCC1. The Labute approximate surface area is 164 Å². The number of carboxylic acid groups (broad SMARTS) is 1. The van der Waals surface area contributed by atoms with Crippen LogP contribution in [0.15, 0.2) is 52.9 Å². The van der Waals surface area contributed by atoms with Gasteiger partial charge in [0, 0.05) is 18.5 Å². The van der Waals surface area contributed by atoms with E-state index in [1.54, 1.807) is 12.1 Å². The first-order valence-electron chi connectivity index (χ1n) is 9.73. The van der Waals surface area contributed by atoms with Crippen LogP contribution in [0.3, 0.4) is 0 Å². The zero-order valence-corrected chi connectivity index (χ0v) is 16.0. The number of oxazole rings is 1. The Bertz CT molecular complexity index is 953. The van der Waals surface area contributed by atoms with Crippen LogP contribution in [0.1, 0.15) is 34.7 Å². The summed E-state index contributed by atoms with van der Waals surface area (Å²) in [5.74, 6) is 0.630. The van der Waals surface area contributed by atoms with Crippen LogP contribution in [-0.4, -0.2) is 40.6 Å². The zero-order valence-electron chi connectivity index (χ0n) is 16.0. The first-order chi connectivity index (χ1) is 13.6. The lowest BCUT2D eigenvalue weighted by Crippen LogP contribution is -2.22. The summed E-state index contributed by atoms with van der Waals surface area (Å²) in [6, 6.07) is 14.9. The van der Waals surface area contributed by atoms with Crippen molar-refractivity contribution in [1.82, 2.24) is 9.88 Å². The maximum Gasteiger partial charge on any atom is 0.335 e. The molecule has 2 heterocycles. The molecule has 0 amide bonds. The molecule has 28 heavy (non-hydrogen) atoms. The number of hydrogen-bond acceptors (Lipinski definition) is 4. The highest BCUT2D eigenvalue weighted by Crippen LogP contribution is 2.26. The van der Waals surface area contributed by atoms with Gasteiger partial charge < -0.3 is 14.4 Å². The van der Waals surface area contributed by atoms with E-state index in [0.717, 1.165) is 41.1 Å². The number of carbonyl (C=O) groups is 1. The highest BCUT2D eigenvalue weighted by Gasteiger charge is 2.15. The molecule has 5 nitrogen and oxygen atoms in total. The van der Waals surface area contributed by atoms with Gasteiger partial charge in [0.25, 0.3) is 0 Å². The van der Waals surface area contributed by atoms with Gasteiger partial charge in [-0.2, -0.15) is 0 Å². The third kappa shape index (κ3) is 3.99. The van der Waals surface area contributed by atoms with Gasteiger partial charge in [0.1, 0.15) is 5.76 Å². The van der Waals surface area contributed by atoms with Crippen molar-refractivity contribution in [3.05, 3.63) is 65.5 Å². The summed E-state index contributed by atoms with van der Waals surface area (Å²) in [5.41, 5.74) is 4.28. The molecule has 1 N–H and O–H groups in total. The van der Waals surface area contributed by atoms with Gasteiger partial charge in [0.05, 0.1) is 11.3 Å². The van der Waals surface area contributed by atoms with E-state index in [-0.39, 0.29) is 5.56 Å². The molecule has 5 heteroatoms. The number of hydrogen-bond donors (Lipinski definition) is 1. The molecular formula is C23H24N2O3. The first kappa shape index (κ1) is 18.4. The van der Waals surface area contributed by atoms with E-state index in [1.807, 2.05) is 43.3 Å². The highest BCUT2D eigenvalue weighted by molar-refractivity contribution is 5.88. The Morgan fingerprint density at radius 3 is 2.18 bits per heavy atom. The molecule has 0 bridgehead atoms. The lowest BCUT2D eigenvalue weighted by Gasteiger charge is -2.12. The van der Waals surface area contributed by atoms with Crippen molar-refractivity contribution >= 4 is 5.97 Å². The van der Waals surface area contributed by atoms with Crippen molar-refractivity contribution < 1.29 is 14.3 Å². The van der Waals surface area contributed by atoms with Crippen LogP contribution in [0.25, 0.3) is 22.6 Å². The smallest absolute Gasteiger partial charge is 0.335 e. The maximum atomic E-state index is 11.0. The average molecular weight is 376 g/mol. The van der Waals surface area contributed by atoms with Gasteiger partial charge in [-0.05, 0) is 68.2 Å². The summed E-state index contributed by atoms with van der Waals surface area (Å²) in [5, 5.41) is 9.01. The molecule has 2 aromatic carbocycles. The highest BCUT2D eigenvalue weighted by atomic mass is 16.4. The molecule has 0 spiro atoms. The van der Waals surface area contributed by atoms with E-state index in [9.17, 15) is 4.79 Å². The minimum absolute atomic E-state index is 0.289. The molecule has 0 radical (unpaired) electrons. The molecule has 1 saturated heterocycles. The fourth-order valence-corrected chi connectivity index (χ4v) is 3.66. The molecule has 0 unspecified atom stereocenters. The summed E-state index contributed by atoms with van der Waals surface area (Å²) < 4.78 is 5.91. The van der Waals surface area contributed by atoms with Crippen molar-refractivity contribution in [2.75, 3.05) is 19.6 Å². The Morgan fingerprint density at radius 2 is 1.57 bits per heavy atom. The molecule has 1 fully saturated rings. The van der Waals surface area contributed by atoms with Crippen molar-refractivity contribution in [1.29, 1.82) is 0 Å². The largest absolute Gasteiger partial charge is 0.478 e. The number of likely N-dealkylation sites (tertiary alicyclic amines) is 1. The molecule has 3 aromatic rings. The molecule has 144 valence electrons. The third-order valence-electron chi connectivity index (χ3n) is 5.35. The van der Waals surface area contributed by atoms with Gasteiger partial charge in [0.15, 0.2) is 0 Å². The van der Waals surface area contributed by atoms with Crippen molar-refractivity contribution in [2.45, 2.75) is 26.2 Å². The van der Waals surface area contributed by atoms with E-state index in [4.69, 9.17) is 14.5 Å². The standard InChI is InChI=1S/C23H24N2O3/c1-16-21(12-15-25-13-2-3-14-25)24-22(28-16)19-8-4-17(5-9-19)18-6-10-20(11-7-18)23(26)27/h4-11H,2-3,12-15H2,1H3,(H,26,27). The first-order valence-corrected chi connectivity index (χ1v) is 9.73. The van der Waals surface area contributed by atoms with E-state index in [2.05, 4.69) is 4.90 Å². The van der Waals surface area contributed by atoms with Crippen LogP contribution in [0.4, 0.5) is 0 Å². The van der Waals surface area contributed by atoms with Gasteiger partial charge in [-0.25, -0.2) is 9.78 Å². The van der Waals surface area contributed by atoms with E-state index >= 15 is 0 Å². The molecule has 0 aliphatic carbocycles. The zero-order chi connectivity index (χ0) is 19.5. The second-order valence-electron chi connectivity index (χ2n) is 7.28. The Morgan fingerprint density at radius 1 is 1.00 bits per heavy atom. The summed E-state index contributed by atoms with van der Waals surface area (Å²) in [7, 11) is 0. The molecule has 4 rings (SSSR count). The lowest BCUT2D eigenvalue weighted by molar-refractivity contribution is 0.0697. The Kier molecular flexibility index (Phi) is 5.26. The molecule has 0 atom stereocenters. The van der Waals surface area contributed by atoms with Gasteiger partial charge in [-0.15, -0.1) is 0 Å². The molecule has 1 aliphatic rings. The summed E-state index contributed by atoms with van der Waals surface area (Å²) in [6.07, 6.45) is 3.52. The molecule has 0 saturated carbocycles. The second kappa shape index (κ2) is 7.98. The number of rotatable bonds is 6. The summed E-state index contributed by atoms with van der Waals surface area (Å²) >= 11 is 0. The number of aromatic carboxylic acids is 1. The van der Waals surface area contributed by atoms with Crippen LogP contribution < -0.4 is 0 Å². The third-order valence-corrected chi connectivity index (χ3v) is 5.35. The van der Waals surface area contributed by atoms with Gasteiger partial charge in [-0.3, -0.25) is 0 Å². The Hall–Kier alpha value is -2.92. The average Bonchev–Trinajstić information content (AvgIpc) is 3.36. The van der Waals surface area contributed by atoms with Crippen LogP contribution in [0.2, 0.25) is 0 Å². The minimum Gasteiger partial charge on any atom is -0.478 e. The predicted octanol–water partition coefficient (Wildman–Crippen LogP) is 4.65. The Balaban J connectivity index is 1.47. The number of aromatic nitrogens is 1. The number of carboxylic acids is 1. The quantitative estimate of drug-likeness (QED) is 0.678. The number of nitrogens with zero attached hydrogens (tertiary/aromatic N) is 2. The van der Waals surface area contributed by atoms with Crippen LogP contribution in [0, 0.1) is 6.92 Å². The van der Waals surface area contributed by atoms with Gasteiger partial charge in [0.2, 0.25) is 5.89 Å². The lowest BCUT2D eigenvalue weighted by atomic mass is 10.0. The van der Waals surface area contributed by atoms with Crippen molar-refractivity contribution in [3.8, 4) is 22.6 Å². The molecule has 1 aliphatic heterocycles. The molecule has 1 aromatic heterocycles. The maximum absolute atomic E-state index is 11.0. The fraction of sp³-hybridized carbons (Fsp3) is 0.304. The normalized spacial score (nSPS) is 14.5. The summed E-state index contributed by atoms with van der Waals surface area (Å²) in [6.45, 7) is 5.41. The minimum atomic E-state index is -0.915. The monoisotopic (exact) mass is 376 g/mol.